The van der Waals surface area contributed by atoms with E-state index in [1.165, 1.54) is 12.2 Å². The zero-order valence-electron chi connectivity index (χ0n) is 10.8. The quantitative estimate of drug-likeness (QED) is 0.155. The van der Waals surface area contributed by atoms with Crippen LogP contribution in [0, 0.1) is 0 Å². The maximum absolute atomic E-state index is 11.6. The first-order valence-electron chi connectivity index (χ1n) is 6.20. The third-order valence-electron chi connectivity index (χ3n) is 2.36. The second kappa shape index (κ2) is 9.82. The largest absolute Gasteiger partial charge is 0.462 e. The van der Waals surface area contributed by atoms with E-state index in [0.717, 1.165) is 25.7 Å². The standard InChI is InChI=1S/C14H22O3/c1-4-7-8-9-11-17-14(16)12(10-5-2)13(15)6-3/h5,10H,2,4,6-9,11H2,1,3H3. The van der Waals surface area contributed by atoms with Crippen molar-refractivity contribution in [1.82, 2.24) is 0 Å². The van der Waals surface area contributed by atoms with Gasteiger partial charge in [0.05, 0.1) is 6.61 Å². The summed E-state index contributed by atoms with van der Waals surface area (Å²) in [7, 11) is 0. The van der Waals surface area contributed by atoms with E-state index in [0.29, 0.717) is 13.0 Å². The van der Waals surface area contributed by atoms with Crippen LogP contribution in [-0.2, 0) is 14.3 Å². The lowest BCUT2D eigenvalue weighted by Gasteiger charge is -2.06. The van der Waals surface area contributed by atoms with Crippen molar-refractivity contribution in [3.8, 4) is 0 Å². The number of Topliss-reactive ketones (excluding diaryl/α,β-unsaturated/α-hetero) is 1. The second-order valence-electron chi connectivity index (χ2n) is 3.79. The lowest BCUT2D eigenvalue weighted by molar-refractivity contribution is -0.140. The molecular formula is C14H22O3. The van der Waals surface area contributed by atoms with E-state index in [1.54, 1.807) is 6.92 Å². The van der Waals surface area contributed by atoms with Gasteiger partial charge in [-0.05, 0) is 12.5 Å². The van der Waals surface area contributed by atoms with Crippen LogP contribution in [-0.4, -0.2) is 18.4 Å². The second-order valence-corrected chi connectivity index (χ2v) is 3.79. The zero-order valence-corrected chi connectivity index (χ0v) is 10.8. The molecule has 3 heteroatoms. The average Bonchev–Trinajstić information content (AvgIpc) is 2.34. The van der Waals surface area contributed by atoms with E-state index in [4.69, 9.17) is 4.74 Å². The van der Waals surface area contributed by atoms with Crippen LogP contribution < -0.4 is 0 Å². The summed E-state index contributed by atoms with van der Waals surface area (Å²) in [5, 5.41) is 0. The molecule has 0 aromatic heterocycles. The molecule has 0 saturated heterocycles. The molecule has 0 N–H and O–H groups in total. The molecule has 0 aliphatic rings. The fourth-order valence-corrected chi connectivity index (χ4v) is 1.35. The number of hydrogen-bond donors (Lipinski definition) is 0. The molecule has 0 heterocycles. The van der Waals surface area contributed by atoms with Gasteiger partial charge in [0.15, 0.2) is 5.78 Å². The number of allylic oxidation sites excluding steroid dienone is 2. The highest BCUT2D eigenvalue weighted by Gasteiger charge is 2.16. The van der Waals surface area contributed by atoms with Crippen LogP contribution in [0.2, 0.25) is 0 Å². The molecule has 0 fully saturated rings. The Balaban J connectivity index is 4.12. The van der Waals surface area contributed by atoms with E-state index in [2.05, 4.69) is 13.5 Å². The average molecular weight is 238 g/mol. The normalized spacial score (nSPS) is 11.1. The van der Waals surface area contributed by atoms with Crippen LogP contribution in [0.1, 0.15) is 46.0 Å². The fourth-order valence-electron chi connectivity index (χ4n) is 1.35. The van der Waals surface area contributed by atoms with Crippen LogP contribution in [0.5, 0.6) is 0 Å². The van der Waals surface area contributed by atoms with Gasteiger partial charge in [-0.2, -0.15) is 0 Å². The molecule has 3 nitrogen and oxygen atoms in total. The van der Waals surface area contributed by atoms with Crippen LogP contribution in [0.15, 0.2) is 24.3 Å². The Bertz CT molecular complexity index is 290. The Morgan fingerprint density at radius 2 is 1.88 bits per heavy atom. The first kappa shape index (κ1) is 15.6. The summed E-state index contributed by atoms with van der Waals surface area (Å²) in [6.07, 6.45) is 7.32. The maximum Gasteiger partial charge on any atom is 0.341 e. The van der Waals surface area contributed by atoms with E-state index in [-0.39, 0.29) is 11.4 Å². The summed E-state index contributed by atoms with van der Waals surface area (Å²) in [6.45, 7) is 7.70. The Kier molecular flexibility index (Phi) is 9.02. The Morgan fingerprint density at radius 3 is 2.41 bits per heavy atom. The molecule has 0 aromatic carbocycles. The topological polar surface area (TPSA) is 43.4 Å². The van der Waals surface area contributed by atoms with E-state index >= 15 is 0 Å². The lowest BCUT2D eigenvalue weighted by atomic mass is 10.1. The number of esters is 1. The summed E-state index contributed by atoms with van der Waals surface area (Å²) < 4.78 is 5.05. The van der Waals surface area contributed by atoms with Crippen LogP contribution in [0.4, 0.5) is 0 Å². The van der Waals surface area contributed by atoms with Crippen molar-refractivity contribution in [2.45, 2.75) is 46.0 Å². The van der Waals surface area contributed by atoms with Gasteiger partial charge in [-0.15, -0.1) is 0 Å². The number of hydrogen-bond acceptors (Lipinski definition) is 3. The molecule has 0 rings (SSSR count). The number of unbranched alkanes of at least 4 members (excludes halogenated alkanes) is 3. The smallest absolute Gasteiger partial charge is 0.341 e. The third kappa shape index (κ3) is 6.72. The van der Waals surface area contributed by atoms with Gasteiger partial charge in [0, 0.05) is 6.42 Å². The molecule has 0 aromatic rings. The Hall–Kier alpha value is -1.38. The molecule has 0 bridgehead atoms. The molecule has 17 heavy (non-hydrogen) atoms. The zero-order chi connectivity index (χ0) is 13.1. The number of ether oxygens (including phenoxy) is 1. The van der Waals surface area contributed by atoms with E-state index in [1.807, 2.05) is 0 Å². The molecule has 0 spiro atoms. The minimum Gasteiger partial charge on any atom is -0.462 e. The highest BCUT2D eigenvalue weighted by molar-refractivity contribution is 6.17. The minimum absolute atomic E-state index is 0.0954. The van der Waals surface area contributed by atoms with Gasteiger partial charge in [0.2, 0.25) is 0 Å². The van der Waals surface area contributed by atoms with Crippen LogP contribution in [0.25, 0.3) is 0 Å². The summed E-state index contributed by atoms with van der Waals surface area (Å²) in [6, 6.07) is 0. The van der Waals surface area contributed by atoms with Crippen LogP contribution >= 0.6 is 0 Å². The molecule has 0 amide bonds. The van der Waals surface area contributed by atoms with Crippen LogP contribution in [0.3, 0.4) is 0 Å². The Morgan fingerprint density at radius 1 is 1.18 bits per heavy atom. The van der Waals surface area contributed by atoms with Crippen molar-refractivity contribution in [2.24, 2.45) is 0 Å². The molecule has 0 aliphatic heterocycles. The van der Waals surface area contributed by atoms with Crippen molar-refractivity contribution in [1.29, 1.82) is 0 Å². The summed E-state index contributed by atoms with van der Waals surface area (Å²) >= 11 is 0. The highest BCUT2D eigenvalue weighted by Crippen LogP contribution is 2.05. The molecule has 0 aliphatic carbocycles. The molecule has 0 radical (unpaired) electrons. The van der Waals surface area contributed by atoms with Crippen molar-refractivity contribution in [2.75, 3.05) is 6.61 Å². The van der Waals surface area contributed by atoms with Gasteiger partial charge in [-0.1, -0.05) is 45.8 Å². The van der Waals surface area contributed by atoms with Crippen molar-refractivity contribution in [3.05, 3.63) is 24.3 Å². The fraction of sp³-hybridized carbons (Fsp3) is 0.571. The third-order valence-corrected chi connectivity index (χ3v) is 2.36. The number of rotatable bonds is 9. The molecule has 0 unspecified atom stereocenters. The SMILES string of the molecule is C=CC=C(C(=O)CC)C(=O)OCCCCCC. The van der Waals surface area contributed by atoms with Gasteiger partial charge >= 0.3 is 5.97 Å². The molecular weight excluding hydrogens is 216 g/mol. The van der Waals surface area contributed by atoms with Gasteiger partial charge in [0.1, 0.15) is 5.57 Å². The molecule has 96 valence electrons. The first-order chi connectivity index (χ1) is 8.17. The van der Waals surface area contributed by atoms with Gasteiger partial charge in [-0.25, -0.2) is 4.79 Å². The summed E-state index contributed by atoms with van der Waals surface area (Å²) in [5.74, 6) is -0.739. The van der Waals surface area contributed by atoms with Crippen molar-refractivity contribution in [3.63, 3.8) is 0 Å². The van der Waals surface area contributed by atoms with Gasteiger partial charge in [0.25, 0.3) is 0 Å². The van der Waals surface area contributed by atoms with Gasteiger partial charge in [-0.3, -0.25) is 4.79 Å². The number of carbonyl (C=O) groups is 2. The van der Waals surface area contributed by atoms with Crippen molar-refractivity contribution < 1.29 is 14.3 Å². The monoisotopic (exact) mass is 238 g/mol. The molecule has 0 saturated carbocycles. The van der Waals surface area contributed by atoms with Gasteiger partial charge < -0.3 is 4.74 Å². The summed E-state index contributed by atoms with van der Waals surface area (Å²) in [4.78, 5) is 23.1. The predicted octanol–water partition coefficient (Wildman–Crippen LogP) is 3.20. The first-order valence-corrected chi connectivity index (χ1v) is 6.20. The van der Waals surface area contributed by atoms with E-state index < -0.39 is 5.97 Å². The van der Waals surface area contributed by atoms with Crippen molar-refractivity contribution >= 4 is 11.8 Å². The summed E-state index contributed by atoms with van der Waals surface area (Å²) in [5.41, 5.74) is 0.0954. The highest BCUT2D eigenvalue weighted by atomic mass is 16.5. The maximum atomic E-state index is 11.6. The number of ketones is 1. The minimum atomic E-state index is -0.534. The lowest BCUT2D eigenvalue weighted by Crippen LogP contribution is -2.15. The van der Waals surface area contributed by atoms with E-state index in [9.17, 15) is 9.59 Å². The Labute approximate surface area is 104 Å². The number of carbonyl (C=O) groups excluding carboxylic acids is 2. The molecule has 0 atom stereocenters. The predicted molar refractivity (Wildman–Crippen MR) is 68.7 cm³/mol.